The van der Waals surface area contributed by atoms with Crippen molar-refractivity contribution in [3.8, 4) is 0 Å². The number of unbranched alkanes of at least 4 members (excludes halogenated alkanes) is 2. The van der Waals surface area contributed by atoms with Crippen molar-refractivity contribution in [3.05, 3.63) is 35.4 Å². The Morgan fingerprint density at radius 1 is 1.05 bits per heavy atom. The molecule has 0 aromatic heterocycles. The maximum atomic E-state index is 11.2. The fourth-order valence-corrected chi connectivity index (χ4v) is 2.40. The Bertz CT molecular complexity index is 395. The SMILES string of the molecule is CCOC(=O)CCCCCc1ccc(CC(C)CC)cc1. The van der Waals surface area contributed by atoms with Gasteiger partial charge in [0.15, 0.2) is 0 Å². The number of benzene rings is 1. The van der Waals surface area contributed by atoms with Crippen molar-refractivity contribution in [2.45, 2.75) is 65.7 Å². The van der Waals surface area contributed by atoms with E-state index in [0.29, 0.717) is 13.0 Å². The average molecular weight is 290 g/mol. The molecule has 0 bridgehead atoms. The Morgan fingerprint density at radius 3 is 2.33 bits per heavy atom. The maximum Gasteiger partial charge on any atom is 0.305 e. The lowest BCUT2D eigenvalue weighted by Gasteiger charge is -2.09. The van der Waals surface area contributed by atoms with Crippen molar-refractivity contribution < 1.29 is 9.53 Å². The highest BCUT2D eigenvalue weighted by molar-refractivity contribution is 5.69. The van der Waals surface area contributed by atoms with Gasteiger partial charge in [-0.1, -0.05) is 51.0 Å². The summed E-state index contributed by atoms with van der Waals surface area (Å²) in [6.45, 7) is 6.89. The van der Waals surface area contributed by atoms with Crippen LogP contribution in [0.5, 0.6) is 0 Å². The molecule has 2 nitrogen and oxygen atoms in total. The number of hydrogen-bond donors (Lipinski definition) is 0. The van der Waals surface area contributed by atoms with E-state index >= 15 is 0 Å². The van der Waals surface area contributed by atoms with Crippen LogP contribution in [-0.2, 0) is 22.4 Å². The third-order valence-electron chi connectivity index (χ3n) is 3.96. The van der Waals surface area contributed by atoms with Gasteiger partial charge in [0.05, 0.1) is 6.61 Å². The summed E-state index contributed by atoms with van der Waals surface area (Å²) in [5, 5.41) is 0. The zero-order valence-electron chi connectivity index (χ0n) is 13.9. The Labute approximate surface area is 129 Å². The van der Waals surface area contributed by atoms with E-state index in [9.17, 15) is 4.79 Å². The molecule has 0 saturated carbocycles. The van der Waals surface area contributed by atoms with Gasteiger partial charge in [0.1, 0.15) is 0 Å². The van der Waals surface area contributed by atoms with Crippen molar-refractivity contribution in [2.75, 3.05) is 6.61 Å². The fraction of sp³-hybridized carbons (Fsp3) is 0.632. The molecule has 0 N–H and O–H groups in total. The predicted octanol–water partition coefficient (Wildman–Crippen LogP) is 4.94. The van der Waals surface area contributed by atoms with Gasteiger partial charge in [-0.3, -0.25) is 4.79 Å². The van der Waals surface area contributed by atoms with Gasteiger partial charge in [-0.15, -0.1) is 0 Å². The summed E-state index contributed by atoms with van der Waals surface area (Å²) in [5.41, 5.74) is 2.84. The Kier molecular flexibility index (Phi) is 8.80. The van der Waals surface area contributed by atoms with E-state index in [1.54, 1.807) is 0 Å². The number of ether oxygens (including phenoxy) is 1. The average Bonchev–Trinajstić information content (AvgIpc) is 2.48. The van der Waals surface area contributed by atoms with Crippen molar-refractivity contribution in [1.82, 2.24) is 0 Å². The number of rotatable bonds is 10. The first-order valence-corrected chi connectivity index (χ1v) is 8.39. The van der Waals surface area contributed by atoms with Crippen LogP contribution in [0.4, 0.5) is 0 Å². The molecule has 0 radical (unpaired) electrons. The Balaban J connectivity index is 2.19. The third kappa shape index (κ3) is 7.89. The number of carbonyl (C=O) groups is 1. The molecule has 118 valence electrons. The minimum absolute atomic E-state index is 0.0631. The van der Waals surface area contributed by atoms with Gasteiger partial charge >= 0.3 is 5.97 Å². The van der Waals surface area contributed by atoms with E-state index in [4.69, 9.17) is 4.74 Å². The topological polar surface area (TPSA) is 26.3 Å². The molecule has 0 saturated heterocycles. The lowest BCUT2D eigenvalue weighted by Crippen LogP contribution is -2.03. The first-order valence-electron chi connectivity index (χ1n) is 8.39. The van der Waals surface area contributed by atoms with Crippen LogP contribution in [0.3, 0.4) is 0 Å². The number of hydrogen-bond acceptors (Lipinski definition) is 2. The van der Waals surface area contributed by atoms with Crippen molar-refractivity contribution >= 4 is 5.97 Å². The molecule has 0 heterocycles. The number of carbonyl (C=O) groups excluding carboxylic acids is 1. The summed E-state index contributed by atoms with van der Waals surface area (Å²) in [4.78, 5) is 11.2. The van der Waals surface area contributed by atoms with Crippen LogP contribution in [0.2, 0.25) is 0 Å². The second-order valence-electron chi connectivity index (χ2n) is 5.90. The second-order valence-corrected chi connectivity index (χ2v) is 5.90. The van der Waals surface area contributed by atoms with Gasteiger partial charge < -0.3 is 4.74 Å². The highest BCUT2D eigenvalue weighted by Crippen LogP contribution is 2.14. The monoisotopic (exact) mass is 290 g/mol. The smallest absolute Gasteiger partial charge is 0.305 e. The van der Waals surface area contributed by atoms with Gasteiger partial charge in [-0.25, -0.2) is 0 Å². The first kappa shape index (κ1) is 17.7. The van der Waals surface area contributed by atoms with E-state index in [0.717, 1.165) is 31.6 Å². The van der Waals surface area contributed by atoms with E-state index in [2.05, 4.69) is 38.1 Å². The molecular weight excluding hydrogens is 260 g/mol. The molecular formula is C19H30O2. The molecule has 1 atom stereocenters. The zero-order chi connectivity index (χ0) is 15.5. The van der Waals surface area contributed by atoms with E-state index in [-0.39, 0.29) is 5.97 Å². The van der Waals surface area contributed by atoms with Gasteiger partial charge in [-0.05, 0) is 49.7 Å². The molecule has 0 spiro atoms. The second kappa shape index (κ2) is 10.4. The van der Waals surface area contributed by atoms with Gasteiger partial charge in [-0.2, -0.15) is 0 Å². The van der Waals surface area contributed by atoms with Crippen LogP contribution in [0, 0.1) is 5.92 Å². The molecule has 0 amide bonds. The molecule has 1 rings (SSSR count). The standard InChI is InChI=1S/C19H30O2/c1-4-16(3)15-18-13-11-17(12-14-18)9-7-6-8-10-19(20)21-5-2/h11-14,16H,4-10,15H2,1-3H3. The van der Waals surface area contributed by atoms with E-state index in [1.807, 2.05) is 6.92 Å². The fourth-order valence-electron chi connectivity index (χ4n) is 2.40. The number of esters is 1. The van der Waals surface area contributed by atoms with Crippen LogP contribution in [0.15, 0.2) is 24.3 Å². The summed E-state index contributed by atoms with van der Waals surface area (Å²) >= 11 is 0. The summed E-state index contributed by atoms with van der Waals surface area (Å²) in [6, 6.07) is 9.03. The normalized spacial score (nSPS) is 12.1. The van der Waals surface area contributed by atoms with E-state index < -0.39 is 0 Å². The molecule has 0 aliphatic heterocycles. The lowest BCUT2D eigenvalue weighted by atomic mass is 9.97. The summed E-state index contributed by atoms with van der Waals surface area (Å²) in [7, 11) is 0. The van der Waals surface area contributed by atoms with Gasteiger partial charge in [0.2, 0.25) is 0 Å². The summed E-state index contributed by atoms with van der Waals surface area (Å²) in [5.74, 6) is 0.700. The summed E-state index contributed by atoms with van der Waals surface area (Å²) in [6.07, 6.45) is 7.25. The first-order chi connectivity index (χ1) is 10.2. The van der Waals surface area contributed by atoms with Crippen molar-refractivity contribution in [3.63, 3.8) is 0 Å². The van der Waals surface area contributed by atoms with Gasteiger partial charge in [0.25, 0.3) is 0 Å². The molecule has 0 aliphatic rings. The molecule has 0 fully saturated rings. The number of aryl methyl sites for hydroxylation is 1. The maximum absolute atomic E-state index is 11.2. The highest BCUT2D eigenvalue weighted by atomic mass is 16.5. The summed E-state index contributed by atoms with van der Waals surface area (Å²) < 4.78 is 4.92. The largest absolute Gasteiger partial charge is 0.466 e. The minimum atomic E-state index is -0.0631. The van der Waals surface area contributed by atoms with Crippen LogP contribution in [0.25, 0.3) is 0 Å². The van der Waals surface area contributed by atoms with Crippen molar-refractivity contribution in [2.24, 2.45) is 5.92 Å². The van der Waals surface area contributed by atoms with Crippen LogP contribution in [0.1, 0.15) is 64.0 Å². The van der Waals surface area contributed by atoms with Crippen LogP contribution >= 0.6 is 0 Å². The van der Waals surface area contributed by atoms with Crippen LogP contribution in [-0.4, -0.2) is 12.6 Å². The van der Waals surface area contributed by atoms with E-state index in [1.165, 1.54) is 24.0 Å². The third-order valence-corrected chi connectivity index (χ3v) is 3.96. The van der Waals surface area contributed by atoms with Crippen LogP contribution < -0.4 is 0 Å². The molecule has 21 heavy (non-hydrogen) atoms. The molecule has 1 aromatic carbocycles. The Hall–Kier alpha value is -1.31. The minimum Gasteiger partial charge on any atom is -0.466 e. The Morgan fingerprint density at radius 2 is 1.71 bits per heavy atom. The molecule has 2 heteroatoms. The molecule has 1 aromatic rings. The zero-order valence-corrected chi connectivity index (χ0v) is 13.9. The lowest BCUT2D eigenvalue weighted by molar-refractivity contribution is -0.143. The molecule has 0 aliphatic carbocycles. The predicted molar refractivity (Wildman–Crippen MR) is 88.4 cm³/mol. The van der Waals surface area contributed by atoms with Gasteiger partial charge in [0, 0.05) is 6.42 Å². The quantitative estimate of drug-likeness (QED) is 0.450. The van der Waals surface area contributed by atoms with Crippen molar-refractivity contribution in [1.29, 1.82) is 0 Å². The molecule has 1 unspecified atom stereocenters. The highest BCUT2D eigenvalue weighted by Gasteiger charge is 2.03.